The number of benzene rings is 1. The molecule has 0 unspecified atom stereocenters. The number of carbonyl (C=O) groups excluding carboxylic acids is 1. The summed E-state index contributed by atoms with van der Waals surface area (Å²) >= 11 is 0. The Kier molecular flexibility index (Phi) is 3.99. The zero-order chi connectivity index (χ0) is 9.52. The van der Waals surface area contributed by atoms with Gasteiger partial charge in [0, 0.05) is 7.05 Å². The monoisotopic (exact) mass is 179 g/mol. The number of nitrogens with one attached hydrogen (secondary N) is 1. The van der Waals surface area contributed by atoms with E-state index < -0.39 is 0 Å². The smallest absolute Gasteiger partial charge is 0.245 e. The Morgan fingerprint density at radius 2 is 2.08 bits per heavy atom. The molecule has 1 amide bonds. The SMILES string of the molecule is CNC(=O)COCc1ccccc1. The van der Waals surface area contributed by atoms with Gasteiger partial charge < -0.3 is 10.1 Å². The van der Waals surface area contributed by atoms with Gasteiger partial charge in [-0.25, -0.2) is 0 Å². The van der Waals surface area contributed by atoms with Crippen molar-refractivity contribution < 1.29 is 9.53 Å². The minimum absolute atomic E-state index is 0.101. The number of hydrogen-bond donors (Lipinski definition) is 1. The molecule has 0 radical (unpaired) electrons. The van der Waals surface area contributed by atoms with Crippen LogP contribution < -0.4 is 5.32 Å². The highest BCUT2D eigenvalue weighted by Crippen LogP contribution is 1.99. The molecular weight excluding hydrogens is 166 g/mol. The van der Waals surface area contributed by atoms with Crippen LogP contribution in [-0.4, -0.2) is 19.6 Å². The lowest BCUT2D eigenvalue weighted by molar-refractivity contribution is -0.125. The van der Waals surface area contributed by atoms with Crippen LogP contribution in [0.25, 0.3) is 0 Å². The van der Waals surface area contributed by atoms with Crippen molar-refractivity contribution in [2.75, 3.05) is 13.7 Å². The molecule has 0 saturated heterocycles. The quantitative estimate of drug-likeness (QED) is 0.747. The fraction of sp³-hybridized carbons (Fsp3) is 0.300. The molecule has 0 spiro atoms. The Hall–Kier alpha value is -1.35. The highest BCUT2D eigenvalue weighted by Gasteiger charge is 1.97. The third-order valence-corrected chi connectivity index (χ3v) is 1.62. The van der Waals surface area contributed by atoms with Crippen LogP contribution in [0.3, 0.4) is 0 Å². The number of carbonyl (C=O) groups is 1. The maximum Gasteiger partial charge on any atom is 0.245 e. The third-order valence-electron chi connectivity index (χ3n) is 1.62. The number of amides is 1. The molecule has 1 rings (SSSR count). The Bertz CT molecular complexity index is 259. The topological polar surface area (TPSA) is 38.3 Å². The van der Waals surface area contributed by atoms with Gasteiger partial charge in [0.15, 0.2) is 0 Å². The van der Waals surface area contributed by atoms with E-state index in [1.165, 1.54) is 0 Å². The molecule has 0 aliphatic carbocycles. The lowest BCUT2D eigenvalue weighted by Gasteiger charge is -2.02. The second kappa shape index (κ2) is 5.32. The van der Waals surface area contributed by atoms with E-state index >= 15 is 0 Å². The summed E-state index contributed by atoms with van der Waals surface area (Å²) in [6, 6.07) is 9.76. The molecule has 0 aromatic heterocycles. The molecule has 0 aliphatic rings. The highest BCUT2D eigenvalue weighted by molar-refractivity contribution is 5.76. The van der Waals surface area contributed by atoms with Gasteiger partial charge in [0.05, 0.1) is 6.61 Å². The molecule has 0 atom stereocenters. The van der Waals surface area contributed by atoms with Gasteiger partial charge >= 0.3 is 0 Å². The van der Waals surface area contributed by atoms with Crippen molar-refractivity contribution in [1.29, 1.82) is 0 Å². The first kappa shape index (κ1) is 9.74. The lowest BCUT2D eigenvalue weighted by atomic mass is 10.2. The second-order valence-corrected chi connectivity index (χ2v) is 2.65. The Morgan fingerprint density at radius 1 is 1.38 bits per heavy atom. The van der Waals surface area contributed by atoms with Crippen LogP contribution in [0.2, 0.25) is 0 Å². The zero-order valence-corrected chi connectivity index (χ0v) is 7.62. The molecule has 1 aromatic carbocycles. The van der Waals surface area contributed by atoms with Crippen molar-refractivity contribution in [2.24, 2.45) is 0 Å². The van der Waals surface area contributed by atoms with E-state index in [9.17, 15) is 4.79 Å². The van der Waals surface area contributed by atoms with Gasteiger partial charge in [-0.2, -0.15) is 0 Å². The molecule has 3 heteroatoms. The normalized spacial score (nSPS) is 9.62. The minimum atomic E-state index is -0.101. The molecule has 0 heterocycles. The van der Waals surface area contributed by atoms with E-state index in [1.807, 2.05) is 30.3 Å². The standard InChI is InChI=1S/C10H13NO2/c1-11-10(12)8-13-7-9-5-3-2-4-6-9/h2-6H,7-8H2,1H3,(H,11,12). The van der Waals surface area contributed by atoms with Crippen LogP contribution in [0.1, 0.15) is 5.56 Å². The minimum Gasteiger partial charge on any atom is -0.367 e. The van der Waals surface area contributed by atoms with Crippen molar-refractivity contribution in [3.63, 3.8) is 0 Å². The molecule has 70 valence electrons. The average Bonchev–Trinajstić information content (AvgIpc) is 2.19. The summed E-state index contributed by atoms with van der Waals surface area (Å²) in [7, 11) is 1.59. The molecule has 0 aliphatic heterocycles. The van der Waals surface area contributed by atoms with Crippen LogP contribution in [0, 0.1) is 0 Å². The number of rotatable bonds is 4. The average molecular weight is 179 g/mol. The Morgan fingerprint density at radius 3 is 2.69 bits per heavy atom. The maximum absolute atomic E-state index is 10.8. The number of likely N-dealkylation sites (N-methyl/N-ethyl adjacent to an activating group) is 1. The van der Waals surface area contributed by atoms with E-state index in [0.717, 1.165) is 5.56 Å². The summed E-state index contributed by atoms with van der Waals surface area (Å²) < 4.78 is 5.16. The molecule has 0 fully saturated rings. The third kappa shape index (κ3) is 3.71. The molecular formula is C10H13NO2. The van der Waals surface area contributed by atoms with Gasteiger partial charge in [-0.1, -0.05) is 30.3 Å². The van der Waals surface area contributed by atoms with Crippen molar-refractivity contribution in [3.8, 4) is 0 Å². The van der Waals surface area contributed by atoms with Crippen LogP contribution >= 0.6 is 0 Å². The summed E-state index contributed by atoms with van der Waals surface area (Å²) in [6.45, 7) is 0.597. The van der Waals surface area contributed by atoms with Crippen molar-refractivity contribution >= 4 is 5.91 Å². The number of ether oxygens (including phenoxy) is 1. The van der Waals surface area contributed by atoms with Gasteiger partial charge in [-0.05, 0) is 5.56 Å². The van der Waals surface area contributed by atoms with Gasteiger partial charge in [0.2, 0.25) is 5.91 Å². The van der Waals surface area contributed by atoms with Crippen LogP contribution in [-0.2, 0) is 16.1 Å². The fourth-order valence-electron chi connectivity index (χ4n) is 0.908. The largest absolute Gasteiger partial charge is 0.367 e. The van der Waals surface area contributed by atoms with Crippen molar-refractivity contribution in [3.05, 3.63) is 35.9 Å². The second-order valence-electron chi connectivity index (χ2n) is 2.65. The predicted octanol–water partition coefficient (Wildman–Crippen LogP) is 0.949. The first-order valence-corrected chi connectivity index (χ1v) is 4.15. The van der Waals surface area contributed by atoms with Crippen molar-refractivity contribution in [2.45, 2.75) is 6.61 Å². The van der Waals surface area contributed by atoms with Crippen LogP contribution in [0.5, 0.6) is 0 Å². The lowest BCUT2D eigenvalue weighted by Crippen LogP contribution is -2.23. The summed E-state index contributed by atoms with van der Waals surface area (Å²) in [4.78, 5) is 10.8. The Labute approximate surface area is 77.7 Å². The van der Waals surface area contributed by atoms with E-state index in [4.69, 9.17) is 4.74 Å². The summed E-state index contributed by atoms with van der Waals surface area (Å²) in [5, 5.41) is 2.49. The van der Waals surface area contributed by atoms with E-state index in [1.54, 1.807) is 7.05 Å². The van der Waals surface area contributed by atoms with Crippen LogP contribution in [0.15, 0.2) is 30.3 Å². The fourth-order valence-corrected chi connectivity index (χ4v) is 0.908. The molecule has 0 bridgehead atoms. The summed E-state index contributed by atoms with van der Waals surface area (Å²) in [5.74, 6) is -0.101. The van der Waals surface area contributed by atoms with E-state index in [2.05, 4.69) is 5.32 Å². The van der Waals surface area contributed by atoms with E-state index in [-0.39, 0.29) is 12.5 Å². The van der Waals surface area contributed by atoms with Gasteiger partial charge in [0.25, 0.3) is 0 Å². The summed E-state index contributed by atoms with van der Waals surface area (Å²) in [6.07, 6.45) is 0. The molecule has 13 heavy (non-hydrogen) atoms. The molecule has 3 nitrogen and oxygen atoms in total. The highest BCUT2D eigenvalue weighted by atomic mass is 16.5. The first-order valence-electron chi connectivity index (χ1n) is 4.15. The van der Waals surface area contributed by atoms with Gasteiger partial charge in [0.1, 0.15) is 6.61 Å². The number of hydrogen-bond acceptors (Lipinski definition) is 2. The van der Waals surface area contributed by atoms with Crippen molar-refractivity contribution in [1.82, 2.24) is 5.32 Å². The maximum atomic E-state index is 10.8. The molecule has 0 saturated carbocycles. The van der Waals surface area contributed by atoms with E-state index in [0.29, 0.717) is 6.61 Å². The predicted molar refractivity (Wildman–Crippen MR) is 50.2 cm³/mol. The molecule has 1 N–H and O–H groups in total. The first-order chi connectivity index (χ1) is 6.33. The van der Waals surface area contributed by atoms with Gasteiger partial charge in [-0.3, -0.25) is 4.79 Å². The zero-order valence-electron chi connectivity index (χ0n) is 7.62. The Balaban J connectivity index is 2.24. The van der Waals surface area contributed by atoms with Crippen LogP contribution in [0.4, 0.5) is 0 Å². The van der Waals surface area contributed by atoms with Gasteiger partial charge in [-0.15, -0.1) is 0 Å². The summed E-state index contributed by atoms with van der Waals surface area (Å²) in [5.41, 5.74) is 1.08. The molecule has 1 aromatic rings.